The van der Waals surface area contributed by atoms with Crippen molar-refractivity contribution in [2.24, 2.45) is 5.92 Å². The van der Waals surface area contributed by atoms with Crippen molar-refractivity contribution in [2.45, 2.75) is 67.7 Å². The molecule has 9 nitrogen and oxygen atoms in total. The van der Waals surface area contributed by atoms with Gasteiger partial charge in [0.2, 0.25) is 5.91 Å². The molecule has 2 aliphatic rings. The van der Waals surface area contributed by atoms with Crippen LogP contribution in [0.1, 0.15) is 67.8 Å². The first-order valence-corrected chi connectivity index (χ1v) is 12.2. The number of nitrogens with zero attached hydrogens (tertiary/aromatic N) is 3. The molecule has 0 radical (unpaired) electrons. The van der Waals surface area contributed by atoms with Gasteiger partial charge in [-0.2, -0.15) is 0 Å². The molecular formula is C21H26N4O5S. The summed E-state index contributed by atoms with van der Waals surface area (Å²) in [6, 6.07) is 2.19. The number of carbonyl (C=O) groups is 2. The minimum atomic E-state index is -3.47. The van der Waals surface area contributed by atoms with Gasteiger partial charge in [-0.05, 0) is 37.3 Å². The minimum absolute atomic E-state index is 0.0189. The van der Waals surface area contributed by atoms with Gasteiger partial charge in [0.15, 0.2) is 14.9 Å². The van der Waals surface area contributed by atoms with Crippen LogP contribution in [-0.2, 0) is 14.6 Å². The topological polar surface area (TPSA) is 131 Å². The van der Waals surface area contributed by atoms with Crippen molar-refractivity contribution in [1.82, 2.24) is 14.5 Å². The van der Waals surface area contributed by atoms with Crippen LogP contribution in [-0.4, -0.2) is 45.2 Å². The Balaban J connectivity index is 1.55. The summed E-state index contributed by atoms with van der Waals surface area (Å²) in [6.45, 7) is 0. The number of aromatic nitrogens is 3. The van der Waals surface area contributed by atoms with E-state index in [1.165, 1.54) is 30.9 Å². The monoisotopic (exact) mass is 446 g/mol. The lowest BCUT2D eigenvalue weighted by molar-refractivity contribution is -0.119. The summed E-state index contributed by atoms with van der Waals surface area (Å²) in [5.41, 5.74) is 0.0287. The second-order valence-electron chi connectivity index (χ2n) is 8.39. The number of carbonyl (C=O) groups excluding carboxylic acids is 1. The summed E-state index contributed by atoms with van der Waals surface area (Å²) >= 11 is 0. The van der Waals surface area contributed by atoms with E-state index in [1.807, 2.05) is 0 Å². The lowest BCUT2D eigenvalue weighted by Gasteiger charge is -2.24. The molecule has 2 N–H and O–H groups in total. The minimum Gasteiger partial charge on any atom is -0.478 e. The summed E-state index contributed by atoms with van der Waals surface area (Å²) in [4.78, 5) is 32.2. The van der Waals surface area contributed by atoms with Crippen LogP contribution in [0, 0.1) is 5.92 Å². The number of aromatic carboxylic acids is 1. The third-order valence-electron chi connectivity index (χ3n) is 6.32. The summed E-state index contributed by atoms with van der Waals surface area (Å²) in [7, 11) is -3.47. The Labute approximate surface area is 180 Å². The maximum Gasteiger partial charge on any atom is 0.337 e. The van der Waals surface area contributed by atoms with Gasteiger partial charge in [-0.15, -0.1) is 0 Å². The van der Waals surface area contributed by atoms with Crippen LogP contribution >= 0.6 is 0 Å². The van der Waals surface area contributed by atoms with Crippen LogP contribution in [0.2, 0.25) is 0 Å². The fourth-order valence-electron chi connectivity index (χ4n) is 4.22. The van der Waals surface area contributed by atoms with Gasteiger partial charge in [0.05, 0.1) is 17.1 Å². The highest BCUT2D eigenvalue weighted by Gasteiger charge is 2.35. The number of imidazole rings is 1. The Bertz CT molecular complexity index is 1050. The molecule has 1 atom stereocenters. The molecule has 2 aromatic heterocycles. The molecule has 0 spiro atoms. The van der Waals surface area contributed by atoms with Crippen molar-refractivity contribution < 1.29 is 23.1 Å². The molecule has 4 rings (SSSR count). The van der Waals surface area contributed by atoms with Crippen molar-refractivity contribution in [3.05, 3.63) is 36.4 Å². The second kappa shape index (κ2) is 8.78. The van der Waals surface area contributed by atoms with E-state index in [4.69, 9.17) is 5.11 Å². The number of nitrogens with one attached hydrogen (secondary N) is 1. The Hall–Kier alpha value is -2.75. The number of hydrogen-bond acceptors (Lipinski definition) is 6. The van der Waals surface area contributed by atoms with Gasteiger partial charge in [0.25, 0.3) is 0 Å². The van der Waals surface area contributed by atoms with Crippen LogP contribution in [0.25, 0.3) is 0 Å². The Morgan fingerprint density at radius 2 is 1.87 bits per heavy atom. The van der Waals surface area contributed by atoms with Crippen molar-refractivity contribution in [2.75, 3.05) is 5.32 Å². The zero-order valence-electron chi connectivity index (χ0n) is 17.1. The van der Waals surface area contributed by atoms with E-state index in [0.717, 1.165) is 32.1 Å². The van der Waals surface area contributed by atoms with E-state index in [0.29, 0.717) is 25.2 Å². The lowest BCUT2D eigenvalue weighted by atomic mass is 9.97. The van der Waals surface area contributed by atoms with Crippen LogP contribution < -0.4 is 5.32 Å². The Morgan fingerprint density at radius 3 is 2.45 bits per heavy atom. The summed E-state index contributed by atoms with van der Waals surface area (Å²) < 4.78 is 27.0. The summed E-state index contributed by atoms with van der Waals surface area (Å²) in [5.74, 6) is -0.795. The molecule has 0 saturated heterocycles. The van der Waals surface area contributed by atoms with Gasteiger partial charge in [0.1, 0.15) is 11.9 Å². The molecule has 31 heavy (non-hydrogen) atoms. The number of rotatable bonds is 8. The molecular weight excluding hydrogens is 420 g/mol. The molecule has 10 heteroatoms. The molecule has 2 saturated carbocycles. The molecule has 0 unspecified atom stereocenters. The summed E-state index contributed by atoms with van der Waals surface area (Å²) in [5, 5.41) is 11.4. The van der Waals surface area contributed by atoms with Gasteiger partial charge < -0.3 is 15.0 Å². The van der Waals surface area contributed by atoms with Crippen molar-refractivity contribution in [1.29, 1.82) is 0 Å². The predicted molar refractivity (Wildman–Crippen MR) is 112 cm³/mol. The molecule has 0 aliphatic heterocycles. The normalized spacial score (nSPS) is 18.5. The van der Waals surface area contributed by atoms with Crippen LogP contribution in [0.4, 0.5) is 5.82 Å². The molecule has 2 heterocycles. The van der Waals surface area contributed by atoms with Crippen molar-refractivity contribution in [3.8, 4) is 0 Å². The zero-order chi connectivity index (χ0) is 22.0. The number of sulfone groups is 1. The Kier molecular flexibility index (Phi) is 6.08. The molecule has 0 bridgehead atoms. The number of anilines is 1. The molecule has 0 aromatic carbocycles. The highest BCUT2D eigenvalue weighted by atomic mass is 32.2. The molecule has 2 aliphatic carbocycles. The van der Waals surface area contributed by atoms with Gasteiger partial charge in [-0.1, -0.05) is 32.1 Å². The predicted octanol–water partition coefficient (Wildman–Crippen LogP) is 3.06. The van der Waals surface area contributed by atoms with E-state index in [-0.39, 0.29) is 27.6 Å². The first-order valence-electron chi connectivity index (χ1n) is 10.6. The van der Waals surface area contributed by atoms with E-state index in [1.54, 1.807) is 4.57 Å². The third kappa shape index (κ3) is 4.63. The number of pyridine rings is 1. The molecule has 2 fully saturated rings. The van der Waals surface area contributed by atoms with E-state index < -0.39 is 21.8 Å². The average Bonchev–Trinajstić information content (AvgIpc) is 3.37. The van der Waals surface area contributed by atoms with E-state index in [2.05, 4.69) is 15.3 Å². The lowest BCUT2D eigenvalue weighted by Crippen LogP contribution is -2.29. The number of amides is 1. The SMILES string of the molecule is O=C(O)c1ccc(NC(=O)[C@H](CC2CCCC2)n2cnc(S(=O)(=O)C3CCC3)c2)nc1. The highest BCUT2D eigenvalue weighted by Crippen LogP contribution is 2.34. The average molecular weight is 447 g/mol. The van der Waals surface area contributed by atoms with Gasteiger partial charge in [-0.3, -0.25) is 4.79 Å². The zero-order valence-corrected chi connectivity index (χ0v) is 17.9. The number of carboxylic acid groups (broad SMARTS) is 1. The van der Waals surface area contributed by atoms with Crippen molar-refractivity contribution in [3.63, 3.8) is 0 Å². The smallest absolute Gasteiger partial charge is 0.337 e. The number of carboxylic acids is 1. The molecule has 166 valence electrons. The standard InChI is InChI=1S/C21H26N4O5S/c26-20(24-18-9-8-15(11-22-18)21(27)28)17(10-14-4-1-2-5-14)25-12-19(23-13-25)31(29,30)16-6-3-7-16/h8-9,11-14,16-17H,1-7,10H2,(H,27,28)(H,22,24,26)/t17-/m0/s1. The van der Waals surface area contributed by atoms with Crippen molar-refractivity contribution >= 4 is 27.5 Å². The first kappa shape index (κ1) is 21.5. The fraction of sp³-hybridized carbons (Fsp3) is 0.524. The largest absolute Gasteiger partial charge is 0.478 e. The first-order chi connectivity index (χ1) is 14.8. The third-order valence-corrected chi connectivity index (χ3v) is 8.46. The summed E-state index contributed by atoms with van der Waals surface area (Å²) in [6.07, 6.45) is 11.2. The van der Waals surface area contributed by atoms with Gasteiger partial charge in [0, 0.05) is 12.4 Å². The van der Waals surface area contributed by atoms with E-state index in [9.17, 15) is 18.0 Å². The maximum atomic E-state index is 13.1. The van der Waals surface area contributed by atoms with Crippen LogP contribution in [0.5, 0.6) is 0 Å². The number of hydrogen-bond donors (Lipinski definition) is 2. The maximum absolute atomic E-state index is 13.1. The quantitative estimate of drug-likeness (QED) is 0.637. The van der Waals surface area contributed by atoms with Gasteiger partial charge >= 0.3 is 5.97 Å². The molecule has 1 amide bonds. The van der Waals surface area contributed by atoms with Crippen LogP contribution in [0.3, 0.4) is 0 Å². The highest BCUT2D eigenvalue weighted by molar-refractivity contribution is 7.92. The van der Waals surface area contributed by atoms with Crippen LogP contribution in [0.15, 0.2) is 35.9 Å². The molecule has 2 aromatic rings. The van der Waals surface area contributed by atoms with E-state index >= 15 is 0 Å². The van der Waals surface area contributed by atoms with Gasteiger partial charge in [-0.25, -0.2) is 23.2 Å². The Morgan fingerprint density at radius 1 is 1.13 bits per heavy atom. The fourth-order valence-corrected chi connectivity index (χ4v) is 5.97. The second-order valence-corrected chi connectivity index (χ2v) is 10.6.